The van der Waals surface area contributed by atoms with E-state index in [9.17, 15) is 0 Å². The summed E-state index contributed by atoms with van der Waals surface area (Å²) in [6.07, 6.45) is 1.68. The van der Waals surface area contributed by atoms with Crippen LogP contribution in [-0.2, 0) is 0 Å². The SMILES string of the molecule is C=CCNC(C)(CO)CO. The molecule has 0 heterocycles. The van der Waals surface area contributed by atoms with Crippen LogP contribution in [0.2, 0.25) is 0 Å². The van der Waals surface area contributed by atoms with Crippen molar-refractivity contribution in [2.24, 2.45) is 0 Å². The van der Waals surface area contributed by atoms with Crippen LogP contribution < -0.4 is 5.32 Å². The van der Waals surface area contributed by atoms with Crippen molar-refractivity contribution in [3.63, 3.8) is 0 Å². The highest BCUT2D eigenvalue weighted by Gasteiger charge is 2.19. The molecular weight excluding hydrogens is 130 g/mol. The summed E-state index contributed by atoms with van der Waals surface area (Å²) < 4.78 is 0. The third-order valence-electron chi connectivity index (χ3n) is 1.37. The summed E-state index contributed by atoms with van der Waals surface area (Å²) in [7, 11) is 0. The van der Waals surface area contributed by atoms with Crippen molar-refractivity contribution in [1.29, 1.82) is 0 Å². The molecule has 0 radical (unpaired) electrons. The van der Waals surface area contributed by atoms with Crippen LogP contribution in [0.5, 0.6) is 0 Å². The van der Waals surface area contributed by atoms with Gasteiger partial charge in [-0.3, -0.25) is 0 Å². The Labute approximate surface area is 61.4 Å². The van der Waals surface area contributed by atoms with Gasteiger partial charge in [-0.1, -0.05) is 6.08 Å². The second-order valence-corrected chi connectivity index (χ2v) is 2.55. The van der Waals surface area contributed by atoms with Crippen molar-refractivity contribution < 1.29 is 10.2 Å². The Kier molecular flexibility index (Phi) is 4.27. The maximum Gasteiger partial charge on any atom is 0.0633 e. The smallest absolute Gasteiger partial charge is 0.0633 e. The summed E-state index contributed by atoms with van der Waals surface area (Å²) in [6.45, 7) is 5.70. The van der Waals surface area contributed by atoms with E-state index in [1.807, 2.05) is 0 Å². The molecule has 60 valence electrons. The van der Waals surface area contributed by atoms with E-state index in [2.05, 4.69) is 11.9 Å². The average Bonchev–Trinajstić information content (AvgIpc) is 2.00. The first-order chi connectivity index (χ1) is 4.68. The van der Waals surface area contributed by atoms with Crippen LogP contribution in [0.3, 0.4) is 0 Å². The predicted molar refractivity (Wildman–Crippen MR) is 40.8 cm³/mol. The number of rotatable bonds is 5. The largest absolute Gasteiger partial charge is 0.394 e. The minimum absolute atomic E-state index is 0.0721. The van der Waals surface area contributed by atoms with Crippen molar-refractivity contribution >= 4 is 0 Å². The summed E-state index contributed by atoms with van der Waals surface area (Å²) in [4.78, 5) is 0. The van der Waals surface area contributed by atoms with Crippen LogP contribution in [0.15, 0.2) is 12.7 Å². The molecule has 0 aromatic heterocycles. The molecule has 0 spiro atoms. The van der Waals surface area contributed by atoms with Gasteiger partial charge in [0, 0.05) is 6.54 Å². The van der Waals surface area contributed by atoms with E-state index in [1.165, 1.54) is 0 Å². The van der Waals surface area contributed by atoms with E-state index in [1.54, 1.807) is 13.0 Å². The number of aliphatic hydroxyl groups is 2. The second-order valence-electron chi connectivity index (χ2n) is 2.55. The van der Waals surface area contributed by atoms with Gasteiger partial charge in [-0.15, -0.1) is 6.58 Å². The van der Waals surface area contributed by atoms with Gasteiger partial charge in [0.2, 0.25) is 0 Å². The van der Waals surface area contributed by atoms with Crippen LogP contribution in [0, 0.1) is 0 Å². The maximum atomic E-state index is 8.76. The molecule has 0 rings (SSSR count). The van der Waals surface area contributed by atoms with Crippen LogP contribution in [0.25, 0.3) is 0 Å². The minimum Gasteiger partial charge on any atom is -0.394 e. The fourth-order valence-electron chi connectivity index (χ4n) is 0.480. The van der Waals surface area contributed by atoms with Crippen molar-refractivity contribution in [3.8, 4) is 0 Å². The van der Waals surface area contributed by atoms with Gasteiger partial charge in [0.15, 0.2) is 0 Å². The first-order valence-electron chi connectivity index (χ1n) is 3.26. The number of hydrogen-bond acceptors (Lipinski definition) is 3. The quantitative estimate of drug-likeness (QED) is 0.457. The lowest BCUT2D eigenvalue weighted by atomic mass is 10.1. The van der Waals surface area contributed by atoms with E-state index in [0.29, 0.717) is 6.54 Å². The van der Waals surface area contributed by atoms with Gasteiger partial charge >= 0.3 is 0 Å². The summed E-state index contributed by atoms with van der Waals surface area (Å²) in [5.74, 6) is 0. The Bertz CT molecular complexity index is 99.8. The molecule has 3 heteroatoms. The fraction of sp³-hybridized carbons (Fsp3) is 0.714. The highest BCUT2D eigenvalue weighted by molar-refractivity contribution is 4.84. The summed E-state index contributed by atoms with van der Waals surface area (Å²) in [6, 6.07) is 0. The van der Waals surface area contributed by atoms with Gasteiger partial charge in [0.05, 0.1) is 18.8 Å². The highest BCUT2D eigenvalue weighted by Crippen LogP contribution is 1.98. The lowest BCUT2D eigenvalue weighted by Crippen LogP contribution is -2.48. The van der Waals surface area contributed by atoms with Gasteiger partial charge in [0.25, 0.3) is 0 Å². The van der Waals surface area contributed by atoms with E-state index >= 15 is 0 Å². The lowest BCUT2D eigenvalue weighted by Gasteiger charge is -2.25. The molecule has 0 unspecified atom stereocenters. The van der Waals surface area contributed by atoms with E-state index in [-0.39, 0.29) is 13.2 Å². The zero-order chi connectivity index (χ0) is 8.04. The van der Waals surface area contributed by atoms with E-state index in [4.69, 9.17) is 10.2 Å². The van der Waals surface area contributed by atoms with Gasteiger partial charge in [-0.25, -0.2) is 0 Å². The van der Waals surface area contributed by atoms with Crippen LogP contribution in [0.4, 0.5) is 0 Å². The molecule has 0 bridgehead atoms. The lowest BCUT2D eigenvalue weighted by molar-refractivity contribution is 0.107. The Morgan fingerprint density at radius 1 is 1.50 bits per heavy atom. The van der Waals surface area contributed by atoms with Gasteiger partial charge < -0.3 is 15.5 Å². The Morgan fingerprint density at radius 2 is 2.00 bits per heavy atom. The number of hydrogen-bond donors (Lipinski definition) is 3. The Balaban J connectivity index is 3.68. The highest BCUT2D eigenvalue weighted by atomic mass is 16.3. The fourth-order valence-corrected chi connectivity index (χ4v) is 0.480. The molecule has 0 atom stereocenters. The van der Waals surface area contributed by atoms with Crippen molar-refractivity contribution in [2.45, 2.75) is 12.5 Å². The average molecular weight is 145 g/mol. The van der Waals surface area contributed by atoms with Crippen molar-refractivity contribution in [3.05, 3.63) is 12.7 Å². The van der Waals surface area contributed by atoms with Crippen molar-refractivity contribution in [1.82, 2.24) is 5.32 Å². The zero-order valence-electron chi connectivity index (χ0n) is 6.30. The topological polar surface area (TPSA) is 52.5 Å². The first-order valence-corrected chi connectivity index (χ1v) is 3.26. The Morgan fingerprint density at radius 3 is 2.30 bits per heavy atom. The number of aliphatic hydroxyl groups excluding tert-OH is 2. The number of nitrogens with one attached hydrogen (secondary N) is 1. The van der Waals surface area contributed by atoms with Gasteiger partial charge in [0.1, 0.15) is 0 Å². The molecular formula is C7H15NO2. The van der Waals surface area contributed by atoms with Gasteiger partial charge in [-0.2, -0.15) is 0 Å². The molecule has 0 fully saturated rings. The third-order valence-corrected chi connectivity index (χ3v) is 1.37. The van der Waals surface area contributed by atoms with Crippen molar-refractivity contribution in [2.75, 3.05) is 19.8 Å². The molecule has 0 saturated carbocycles. The molecule has 0 aliphatic carbocycles. The zero-order valence-corrected chi connectivity index (χ0v) is 6.30. The second kappa shape index (κ2) is 4.44. The first kappa shape index (κ1) is 9.62. The summed E-state index contributed by atoms with van der Waals surface area (Å²) in [5, 5.41) is 20.4. The molecule has 0 aliphatic heterocycles. The van der Waals surface area contributed by atoms with Crippen LogP contribution >= 0.6 is 0 Å². The standard InChI is InChI=1S/C7H15NO2/c1-3-4-8-7(2,5-9)6-10/h3,8-10H,1,4-6H2,2H3. The monoisotopic (exact) mass is 145 g/mol. The Hall–Kier alpha value is -0.380. The summed E-state index contributed by atoms with van der Waals surface area (Å²) >= 11 is 0. The van der Waals surface area contributed by atoms with E-state index < -0.39 is 5.54 Å². The van der Waals surface area contributed by atoms with Gasteiger partial charge in [-0.05, 0) is 6.92 Å². The maximum absolute atomic E-state index is 8.76. The van der Waals surface area contributed by atoms with Crippen LogP contribution in [-0.4, -0.2) is 35.5 Å². The molecule has 0 saturated heterocycles. The van der Waals surface area contributed by atoms with Crippen LogP contribution in [0.1, 0.15) is 6.92 Å². The molecule has 10 heavy (non-hydrogen) atoms. The molecule has 3 N–H and O–H groups in total. The normalized spacial score (nSPS) is 11.5. The van der Waals surface area contributed by atoms with E-state index in [0.717, 1.165) is 0 Å². The molecule has 0 aromatic rings. The summed E-state index contributed by atoms with van der Waals surface area (Å²) in [5.41, 5.74) is -0.575. The minimum atomic E-state index is -0.575. The molecule has 0 aliphatic rings. The molecule has 0 amide bonds. The molecule has 3 nitrogen and oxygen atoms in total. The predicted octanol–water partition coefficient (Wildman–Crippen LogP) is -0.495. The third kappa shape index (κ3) is 2.96. The molecule has 0 aromatic carbocycles.